The Balaban J connectivity index is 0.000000154. The largest absolute Gasteiger partial charge is 0.394 e. The molecule has 0 radical (unpaired) electrons. The van der Waals surface area contributed by atoms with Gasteiger partial charge in [0, 0.05) is 81.3 Å². The average molecular weight is 1540 g/mol. The van der Waals surface area contributed by atoms with Crippen molar-refractivity contribution < 1.29 is 109 Å². The number of hydrogen-bond acceptors (Lipinski definition) is 23. The van der Waals surface area contributed by atoms with E-state index in [0.717, 1.165) is 125 Å². The van der Waals surface area contributed by atoms with E-state index in [1.807, 2.05) is 6.92 Å². The number of carbonyl (C=O) groups is 2. The van der Waals surface area contributed by atoms with Crippen LogP contribution in [0.1, 0.15) is 208 Å². The summed E-state index contributed by atoms with van der Waals surface area (Å²) in [6, 6.07) is 0. The molecule has 20 rings (SSSR count). The lowest BCUT2D eigenvalue weighted by Gasteiger charge is -2.47. The lowest BCUT2D eigenvalue weighted by Crippen LogP contribution is -2.61. The Labute approximate surface area is 636 Å². The standard InChI is InChI=1S/C41H60O10.C40H58O11.CH3ClO2S/c1-6-24(42)17-32-23(5)29-16-25(43)15-27-8-10-31-36(46-27)40-39-38(48-31)37-35(49-39)19-41(50-37,51-40)12-11-28-14-21(3)30(44-28)9-7-26-13-20(2)22(4)33(45-26)18-34(29)47-32;1-19-11-25-5-7-29-20(2)12-27(44-29)9-10-40-17-34-36(50-40)37-38(49-34)39(51-40)35-30(48-37)8-6-26(46-35)13-23(42)14-28-22(4)31(15-24(43)18-41)47-33(28)16-32(45-25)21(19)3;1-5(2,3)4/h20,23-24,26-40,42H,3-4,6-19H2,1-2,5H3;19,22,24-39,41,43H,2-3,5-18H2,1,4H3;1H3/t20-,23-,24-,26+,27?,28+,29-,30?,31+,32-,33?,34+,35-,36+,37+,38+,39-,40+,41+;19-,22-,24+,25+,26?,27+,28-,29?,30+,31-,32?,33+,34-,35+,36+,37+,38-,39+,40+;/m11./s1. The fourth-order valence-electron chi connectivity index (χ4n) is 22.6. The fraction of sp³-hybridized carbons (Fsp3) is 0.878. The number of hydrogen-bond donors (Lipinski definition) is 3. The van der Waals surface area contributed by atoms with E-state index in [1.165, 1.54) is 0 Å². The molecule has 0 amide bonds. The first kappa shape index (κ1) is 78.7. The second-order valence-corrected chi connectivity index (χ2v) is 39.0. The van der Waals surface area contributed by atoms with Gasteiger partial charge >= 0.3 is 0 Å². The number of ether oxygens (including phenoxy) is 16. The number of aliphatic hydroxyl groups excluding tert-OH is 3. The van der Waals surface area contributed by atoms with E-state index in [1.54, 1.807) is 0 Å². The third-order valence-corrected chi connectivity index (χ3v) is 28.5. The highest BCUT2D eigenvalue weighted by molar-refractivity contribution is 8.13. The van der Waals surface area contributed by atoms with E-state index in [4.69, 9.17) is 75.8 Å². The van der Waals surface area contributed by atoms with Crippen molar-refractivity contribution in [3.63, 3.8) is 0 Å². The molecule has 0 aromatic carbocycles. The molecule has 600 valence electrons. The van der Waals surface area contributed by atoms with Gasteiger partial charge in [-0.1, -0.05) is 60.9 Å². The van der Waals surface area contributed by atoms with Crippen LogP contribution in [-0.4, -0.2) is 243 Å². The molecule has 0 saturated carbocycles. The van der Waals surface area contributed by atoms with Gasteiger partial charge < -0.3 is 91.1 Å². The van der Waals surface area contributed by atoms with E-state index >= 15 is 0 Å². The predicted molar refractivity (Wildman–Crippen MR) is 389 cm³/mol. The van der Waals surface area contributed by atoms with Crippen molar-refractivity contribution in [1.82, 2.24) is 0 Å². The van der Waals surface area contributed by atoms with Gasteiger partial charge in [0.25, 0.3) is 0 Å². The molecule has 6 unspecified atom stereocenters. The van der Waals surface area contributed by atoms with E-state index in [-0.39, 0.29) is 213 Å². The second kappa shape index (κ2) is 31.8. The van der Waals surface area contributed by atoms with Crippen LogP contribution in [0.25, 0.3) is 0 Å². The van der Waals surface area contributed by atoms with Crippen molar-refractivity contribution in [3.05, 3.63) is 48.6 Å². The SMILES string of the molecule is C=C1C[C@@H]2CC[C@@]34C[C@H]5O[C@H]6[C@@H](O3)[C@H]3OC(CC[C@@H]3O[C@H]6[C@H]5O4)CC(=O)C[C@@H]3[C@@H](C)[C@@H](C[C@H](O)CC)O[C@H]3CC3O[C@@H](CCC1O2)C[C@@H](C)C3=C.C=C1C[C@@H]2CC[C@@]34C[C@H]5O[C@H]6[C@@H](O3)[C@H]3OC(CC[C@@H]3O[C@H]6[C@H]5O4)CC(=O)C[C@@H]3[C@@H](C)[C@@H](C[C@H](O)CO)O[C@H]3CC3O[C@@H](CCC1O2)C[C@@H](C)C3=C.CS(=O)(=O)Cl. The number of rotatable bonds is 6. The second-order valence-electron chi connectivity index (χ2n) is 36.0. The van der Waals surface area contributed by atoms with Crippen molar-refractivity contribution in [2.24, 2.45) is 35.5 Å². The highest BCUT2D eigenvalue weighted by atomic mass is 35.7. The van der Waals surface area contributed by atoms with E-state index in [9.17, 15) is 33.3 Å². The predicted octanol–water partition coefficient (Wildman–Crippen LogP) is 9.79. The number of fused-ring (bicyclic) bond motifs is 12. The minimum atomic E-state index is -3.19. The quantitative estimate of drug-likeness (QED) is 0.165. The van der Waals surface area contributed by atoms with Gasteiger partial charge in [0.2, 0.25) is 9.05 Å². The van der Waals surface area contributed by atoms with Crippen LogP contribution in [0, 0.1) is 35.5 Å². The molecule has 3 N–H and O–H groups in total. The molecule has 20 aliphatic rings. The molecular formula is C82H121ClO23S. The van der Waals surface area contributed by atoms with Crippen LogP contribution in [0.3, 0.4) is 0 Å². The molecule has 20 aliphatic heterocycles. The molecule has 38 atom stereocenters. The molecule has 20 fully saturated rings. The summed E-state index contributed by atoms with van der Waals surface area (Å²) < 4.78 is 127. The van der Waals surface area contributed by atoms with Crippen LogP contribution in [0.5, 0.6) is 0 Å². The molecular weight excluding hydrogens is 1420 g/mol. The van der Waals surface area contributed by atoms with Crippen LogP contribution >= 0.6 is 10.7 Å². The third kappa shape index (κ3) is 16.4. The summed E-state index contributed by atoms with van der Waals surface area (Å²) in [4.78, 5) is 28.0. The molecule has 24 bridgehead atoms. The summed E-state index contributed by atoms with van der Waals surface area (Å²) in [5.74, 6) is -0.444. The summed E-state index contributed by atoms with van der Waals surface area (Å²) in [7, 11) is 1.31. The molecule has 2 spiro atoms. The van der Waals surface area contributed by atoms with Crippen LogP contribution in [-0.2, 0) is 94.4 Å². The molecule has 25 heteroatoms. The minimum absolute atomic E-state index is 0.00894. The van der Waals surface area contributed by atoms with Crippen LogP contribution in [0.15, 0.2) is 48.6 Å². The highest BCUT2D eigenvalue weighted by Crippen LogP contribution is 2.58. The molecule has 20 heterocycles. The average Bonchev–Trinajstić information content (AvgIpc) is 1.55. The van der Waals surface area contributed by atoms with Crippen molar-refractivity contribution in [2.75, 3.05) is 12.9 Å². The monoisotopic (exact) mass is 1540 g/mol. The maximum atomic E-state index is 14.0. The summed E-state index contributed by atoms with van der Waals surface area (Å²) in [5, 5.41) is 30.6. The lowest BCUT2D eigenvalue weighted by atomic mass is 9.78. The minimum Gasteiger partial charge on any atom is -0.394 e. The van der Waals surface area contributed by atoms with Crippen LogP contribution in [0.4, 0.5) is 0 Å². The summed E-state index contributed by atoms with van der Waals surface area (Å²) >= 11 is 0. The molecule has 0 aliphatic carbocycles. The zero-order valence-corrected chi connectivity index (χ0v) is 65.3. The first-order chi connectivity index (χ1) is 51.1. The number of halogens is 1. The fourth-order valence-corrected chi connectivity index (χ4v) is 22.6. The van der Waals surface area contributed by atoms with Gasteiger partial charge in [-0.2, -0.15) is 0 Å². The summed E-state index contributed by atoms with van der Waals surface area (Å²) in [5.41, 5.74) is 4.49. The zero-order valence-electron chi connectivity index (χ0n) is 63.7. The van der Waals surface area contributed by atoms with Gasteiger partial charge in [0.05, 0.1) is 135 Å². The first-order valence-corrected chi connectivity index (χ1v) is 44.0. The van der Waals surface area contributed by atoms with E-state index in [2.05, 4.69) is 64.7 Å². The number of ketones is 2. The van der Waals surface area contributed by atoms with Gasteiger partial charge in [-0.15, -0.1) is 0 Å². The Kier molecular flexibility index (Phi) is 23.3. The Morgan fingerprint density at radius 1 is 0.430 bits per heavy atom. The normalized spacial score (nSPS) is 51.2. The van der Waals surface area contributed by atoms with Gasteiger partial charge in [-0.05, 0) is 161 Å². The Bertz CT molecular complexity index is 3170. The maximum Gasteiger partial charge on any atom is 0.229 e. The number of Topliss-reactive ketones (excluding diaryl/α,β-unsaturated/α-hetero) is 2. The number of aliphatic hydroxyl groups is 3. The number of carbonyl (C=O) groups excluding carboxylic acids is 2. The summed E-state index contributed by atoms with van der Waals surface area (Å²) in [6.45, 7) is 28.3. The molecule has 107 heavy (non-hydrogen) atoms. The third-order valence-electron chi connectivity index (χ3n) is 28.5. The lowest BCUT2D eigenvalue weighted by molar-refractivity contribution is -0.292. The summed E-state index contributed by atoms with van der Waals surface area (Å²) in [6.07, 6.45) is 14.5. The molecule has 0 aromatic heterocycles. The van der Waals surface area contributed by atoms with Gasteiger partial charge in [0.15, 0.2) is 11.6 Å². The smallest absolute Gasteiger partial charge is 0.229 e. The maximum absolute atomic E-state index is 14.0. The van der Waals surface area contributed by atoms with E-state index in [0.29, 0.717) is 88.9 Å². The Morgan fingerprint density at radius 2 is 0.804 bits per heavy atom. The van der Waals surface area contributed by atoms with Crippen molar-refractivity contribution in [3.8, 4) is 0 Å². The Hall–Kier alpha value is -2.22. The van der Waals surface area contributed by atoms with Crippen molar-refractivity contribution in [1.29, 1.82) is 0 Å². The molecule has 23 nitrogen and oxygen atoms in total. The van der Waals surface area contributed by atoms with Gasteiger partial charge in [-0.3, -0.25) is 9.59 Å². The van der Waals surface area contributed by atoms with Crippen molar-refractivity contribution >= 4 is 31.3 Å². The van der Waals surface area contributed by atoms with Crippen LogP contribution in [0.2, 0.25) is 0 Å². The van der Waals surface area contributed by atoms with Gasteiger partial charge in [-0.25, -0.2) is 8.42 Å². The van der Waals surface area contributed by atoms with Crippen molar-refractivity contribution in [2.45, 2.75) is 403 Å². The highest BCUT2D eigenvalue weighted by Gasteiger charge is 2.71. The van der Waals surface area contributed by atoms with Crippen LogP contribution < -0.4 is 0 Å². The van der Waals surface area contributed by atoms with E-state index < -0.39 is 32.8 Å². The first-order valence-electron chi connectivity index (χ1n) is 41.3. The van der Waals surface area contributed by atoms with Gasteiger partial charge in [0.1, 0.15) is 72.6 Å². The zero-order chi connectivity index (χ0) is 74.9. The topological polar surface area (TPSA) is 277 Å². The molecule has 0 aromatic rings. The Morgan fingerprint density at radius 3 is 1.22 bits per heavy atom. The molecule has 20 saturated heterocycles.